The van der Waals surface area contributed by atoms with Gasteiger partial charge in [0, 0.05) is 46.2 Å². The zero-order valence-corrected chi connectivity index (χ0v) is 18.9. The predicted molar refractivity (Wildman–Crippen MR) is 114 cm³/mol. The van der Waals surface area contributed by atoms with Crippen molar-refractivity contribution in [2.45, 2.75) is 12.8 Å². The van der Waals surface area contributed by atoms with Crippen LogP contribution in [0.25, 0.3) is 0 Å². The molecule has 0 radical (unpaired) electrons. The summed E-state index contributed by atoms with van der Waals surface area (Å²) in [5.41, 5.74) is 1.27. The smallest absolute Gasteiger partial charge is 0.193 e. The third-order valence-electron chi connectivity index (χ3n) is 4.21. The molecule has 1 unspecified atom stereocenters. The lowest BCUT2D eigenvalue weighted by molar-refractivity contribution is 0.153. The molecule has 26 heavy (non-hydrogen) atoms. The van der Waals surface area contributed by atoms with Crippen LogP contribution in [0.2, 0.25) is 0 Å². The van der Waals surface area contributed by atoms with Crippen molar-refractivity contribution in [3.63, 3.8) is 0 Å². The lowest BCUT2D eigenvalue weighted by Crippen LogP contribution is -2.41. The molecule has 1 atom stereocenters. The second-order valence-electron chi connectivity index (χ2n) is 6.54. The van der Waals surface area contributed by atoms with Crippen LogP contribution in [0.1, 0.15) is 12.0 Å². The molecule has 0 aliphatic carbocycles. The average molecular weight is 499 g/mol. The van der Waals surface area contributed by atoms with E-state index in [1.165, 1.54) is 11.8 Å². The Morgan fingerprint density at radius 3 is 2.85 bits per heavy atom. The van der Waals surface area contributed by atoms with Crippen LogP contribution in [0.15, 0.2) is 17.4 Å². The molecule has 1 aromatic rings. The Morgan fingerprint density at radius 1 is 1.46 bits per heavy atom. The number of aromatic nitrogens is 2. The van der Waals surface area contributed by atoms with Crippen LogP contribution in [-0.4, -0.2) is 81.0 Å². The topological polar surface area (TPSA) is 88.8 Å². The molecule has 2 heterocycles. The number of guanidine groups is 1. The molecule has 1 fully saturated rings. The minimum atomic E-state index is -2.96. The Labute approximate surface area is 173 Å². The van der Waals surface area contributed by atoms with Crippen LogP contribution in [-0.2, 0) is 28.0 Å². The van der Waals surface area contributed by atoms with Gasteiger partial charge in [0.05, 0.1) is 25.2 Å². The minimum Gasteiger partial charge on any atom is -0.379 e. The number of aryl methyl sites for hydroxylation is 1. The Kier molecular flexibility index (Phi) is 9.86. The first-order chi connectivity index (χ1) is 11.9. The maximum atomic E-state index is 11.0. The summed E-state index contributed by atoms with van der Waals surface area (Å²) in [5, 5.41) is 7.51. The highest BCUT2D eigenvalue weighted by atomic mass is 127. The number of hydrogen-bond donors (Lipinski definition) is 1. The lowest BCUT2D eigenvalue weighted by Gasteiger charge is -2.21. The van der Waals surface area contributed by atoms with E-state index in [2.05, 4.69) is 26.5 Å². The summed E-state index contributed by atoms with van der Waals surface area (Å²) >= 11 is 0. The summed E-state index contributed by atoms with van der Waals surface area (Å²) in [6.07, 6.45) is 7.40. The molecule has 10 heteroatoms. The molecule has 1 aliphatic rings. The Hall–Kier alpha value is -0.880. The molecular formula is C16H30IN5O3S. The maximum absolute atomic E-state index is 11.0. The number of nitrogens with zero attached hydrogens (tertiary/aromatic N) is 4. The number of rotatable bonds is 8. The van der Waals surface area contributed by atoms with Crippen LogP contribution in [0.5, 0.6) is 0 Å². The number of likely N-dealkylation sites (tertiary alicyclic amines) is 1. The number of ether oxygens (including phenoxy) is 1. The molecule has 2 rings (SSSR count). The summed E-state index contributed by atoms with van der Waals surface area (Å²) in [5.74, 6) is 1.54. The van der Waals surface area contributed by atoms with Gasteiger partial charge in [0.2, 0.25) is 0 Å². The van der Waals surface area contributed by atoms with Gasteiger partial charge in [-0.25, -0.2) is 8.42 Å². The van der Waals surface area contributed by atoms with Crippen LogP contribution >= 0.6 is 24.0 Å². The first kappa shape index (κ1) is 23.2. The maximum Gasteiger partial charge on any atom is 0.193 e. The second kappa shape index (κ2) is 11.1. The van der Waals surface area contributed by atoms with Gasteiger partial charge in [-0.3, -0.25) is 9.67 Å². The first-order valence-corrected chi connectivity index (χ1v) is 10.6. The van der Waals surface area contributed by atoms with Crippen molar-refractivity contribution in [3.8, 4) is 0 Å². The molecule has 0 bridgehead atoms. The van der Waals surface area contributed by atoms with E-state index >= 15 is 0 Å². The van der Waals surface area contributed by atoms with Crippen molar-refractivity contribution in [2.75, 3.05) is 51.9 Å². The molecule has 0 spiro atoms. The molecule has 1 N–H and O–H groups in total. The summed E-state index contributed by atoms with van der Waals surface area (Å²) in [7, 11) is 0.759. The van der Waals surface area contributed by atoms with Crippen LogP contribution in [0, 0.1) is 5.92 Å². The lowest BCUT2D eigenvalue weighted by atomic mass is 10.0. The summed E-state index contributed by atoms with van der Waals surface area (Å²) in [6, 6.07) is 0. The van der Waals surface area contributed by atoms with Crippen molar-refractivity contribution >= 4 is 39.8 Å². The van der Waals surface area contributed by atoms with Crippen LogP contribution in [0.3, 0.4) is 0 Å². The molecule has 150 valence electrons. The molecule has 0 aromatic carbocycles. The highest BCUT2D eigenvalue weighted by molar-refractivity contribution is 14.0. The van der Waals surface area contributed by atoms with Gasteiger partial charge in [0.25, 0.3) is 0 Å². The summed E-state index contributed by atoms with van der Waals surface area (Å²) in [4.78, 5) is 6.60. The molecular weight excluding hydrogens is 469 g/mol. The second-order valence-corrected chi connectivity index (χ2v) is 8.80. The van der Waals surface area contributed by atoms with E-state index in [4.69, 9.17) is 4.74 Å². The Balaban J connectivity index is 0.00000338. The largest absolute Gasteiger partial charge is 0.379 e. The number of hydrogen-bond acceptors (Lipinski definition) is 5. The van der Waals surface area contributed by atoms with Crippen molar-refractivity contribution < 1.29 is 13.2 Å². The van der Waals surface area contributed by atoms with E-state index in [1.54, 1.807) is 7.05 Å². The number of aliphatic imine (C=N–C) groups is 1. The molecule has 8 nitrogen and oxygen atoms in total. The van der Waals surface area contributed by atoms with Gasteiger partial charge in [-0.05, 0) is 24.3 Å². The van der Waals surface area contributed by atoms with Gasteiger partial charge in [-0.15, -0.1) is 24.0 Å². The number of nitrogens with one attached hydrogen (secondary N) is 1. The van der Waals surface area contributed by atoms with Crippen molar-refractivity contribution in [1.29, 1.82) is 0 Å². The molecule has 1 aromatic heterocycles. The fourth-order valence-corrected chi connectivity index (χ4v) is 3.40. The van der Waals surface area contributed by atoms with E-state index in [-0.39, 0.29) is 36.3 Å². The van der Waals surface area contributed by atoms with Gasteiger partial charge in [-0.2, -0.15) is 5.10 Å². The number of sulfone groups is 1. The molecule has 0 amide bonds. The number of halogens is 1. The van der Waals surface area contributed by atoms with Crippen molar-refractivity contribution in [2.24, 2.45) is 18.0 Å². The fraction of sp³-hybridized carbons (Fsp3) is 0.750. The molecule has 1 aliphatic heterocycles. The highest BCUT2D eigenvalue weighted by Crippen LogP contribution is 2.20. The Bertz CT molecular complexity index is 677. The van der Waals surface area contributed by atoms with Gasteiger partial charge < -0.3 is 15.0 Å². The third kappa shape index (κ3) is 8.21. The first-order valence-electron chi connectivity index (χ1n) is 8.56. The fourth-order valence-electron chi connectivity index (χ4n) is 2.98. The Morgan fingerprint density at radius 2 is 2.23 bits per heavy atom. The highest BCUT2D eigenvalue weighted by Gasteiger charge is 2.25. The van der Waals surface area contributed by atoms with Crippen molar-refractivity contribution in [3.05, 3.63) is 18.0 Å². The predicted octanol–water partition coefficient (Wildman–Crippen LogP) is 0.539. The van der Waals surface area contributed by atoms with E-state index in [0.717, 1.165) is 31.9 Å². The zero-order chi connectivity index (χ0) is 18.3. The third-order valence-corrected chi connectivity index (χ3v) is 5.12. The summed E-state index contributed by atoms with van der Waals surface area (Å²) < 4.78 is 29.2. The normalized spacial score (nSPS) is 18.0. The zero-order valence-electron chi connectivity index (χ0n) is 15.7. The van der Waals surface area contributed by atoms with Crippen LogP contribution < -0.4 is 5.32 Å². The van der Waals surface area contributed by atoms with E-state index in [0.29, 0.717) is 19.1 Å². The minimum absolute atomic E-state index is 0. The van der Waals surface area contributed by atoms with Gasteiger partial charge in [0.1, 0.15) is 9.84 Å². The quantitative estimate of drug-likeness (QED) is 0.243. The monoisotopic (exact) mass is 499 g/mol. The molecule has 0 saturated carbocycles. The van der Waals surface area contributed by atoms with Gasteiger partial charge in [0.15, 0.2) is 5.96 Å². The van der Waals surface area contributed by atoms with Crippen LogP contribution in [0.4, 0.5) is 0 Å². The van der Waals surface area contributed by atoms with E-state index in [9.17, 15) is 8.42 Å². The average Bonchev–Trinajstić information content (AvgIpc) is 3.15. The summed E-state index contributed by atoms with van der Waals surface area (Å²) in [6.45, 7) is 3.26. The van der Waals surface area contributed by atoms with Crippen molar-refractivity contribution in [1.82, 2.24) is 20.0 Å². The van der Waals surface area contributed by atoms with Gasteiger partial charge in [-0.1, -0.05) is 0 Å². The van der Waals surface area contributed by atoms with Gasteiger partial charge >= 0.3 is 0 Å². The van der Waals surface area contributed by atoms with E-state index in [1.807, 2.05) is 17.9 Å². The van der Waals surface area contributed by atoms with E-state index < -0.39 is 9.84 Å². The standard InChI is InChI=1S/C16H29N5O3S.HI/c1-17-16(18-5-7-24-8-9-25(3,22)23)21-6-4-14(13-21)10-15-11-19-20(2)12-15;/h11-12,14H,4-10,13H2,1-3H3,(H,17,18);1H. The SMILES string of the molecule is CN=C(NCCOCCS(C)(=O)=O)N1CCC(Cc2cnn(C)c2)C1.I. The molecule has 1 saturated heterocycles.